The molecule has 1 atom stereocenters. The fourth-order valence-corrected chi connectivity index (χ4v) is 2.35. The fraction of sp³-hybridized carbons (Fsp3) is 0.538. The number of methoxy groups -OCH3 is 2. The molecule has 4 nitrogen and oxygen atoms in total. The van der Waals surface area contributed by atoms with Crippen molar-refractivity contribution in [2.45, 2.75) is 25.3 Å². The van der Waals surface area contributed by atoms with Crippen LogP contribution in [0.4, 0.5) is 0 Å². The molecule has 4 heteroatoms. The Balaban J connectivity index is 2.25. The van der Waals surface area contributed by atoms with Crippen molar-refractivity contribution in [3.05, 3.63) is 23.3 Å². The van der Waals surface area contributed by atoms with Crippen LogP contribution in [0.2, 0.25) is 0 Å². The lowest BCUT2D eigenvalue weighted by atomic mass is 9.88. The number of aryl methyl sites for hydroxylation is 1. The summed E-state index contributed by atoms with van der Waals surface area (Å²) in [5.41, 5.74) is 5.67. The Morgan fingerprint density at radius 1 is 1.06 bits per heavy atom. The Hall–Kier alpha value is -1.26. The van der Waals surface area contributed by atoms with Crippen LogP contribution in [0, 0.1) is 0 Å². The Morgan fingerprint density at radius 2 is 1.71 bits per heavy atom. The van der Waals surface area contributed by atoms with Gasteiger partial charge in [0.2, 0.25) is 0 Å². The van der Waals surface area contributed by atoms with Gasteiger partial charge < -0.3 is 14.3 Å². The molecule has 0 fully saturated rings. The second-order valence-electron chi connectivity index (χ2n) is 4.24. The zero-order valence-corrected chi connectivity index (χ0v) is 10.6. The summed E-state index contributed by atoms with van der Waals surface area (Å²) in [6.07, 6.45) is 3.08. The van der Waals surface area contributed by atoms with E-state index in [1.807, 2.05) is 0 Å². The highest BCUT2D eigenvalue weighted by atomic mass is 16.6. The van der Waals surface area contributed by atoms with Gasteiger partial charge in [0.25, 0.3) is 0 Å². The van der Waals surface area contributed by atoms with E-state index in [-0.39, 0.29) is 0 Å². The molecule has 17 heavy (non-hydrogen) atoms. The summed E-state index contributed by atoms with van der Waals surface area (Å²) in [6, 6.07) is 4.53. The van der Waals surface area contributed by atoms with Crippen molar-refractivity contribution >= 4 is 0 Å². The van der Waals surface area contributed by atoms with Gasteiger partial charge in [-0.2, -0.15) is 5.48 Å². The van der Waals surface area contributed by atoms with Crippen LogP contribution in [0.5, 0.6) is 11.5 Å². The molecule has 1 unspecified atom stereocenters. The third-order valence-electron chi connectivity index (χ3n) is 3.22. The Morgan fingerprint density at radius 3 is 2.29 bits per heavy atom. The van der Waals surface area contributed by atoms with Crippen molar-refractivity contribution in [3.8, 4) is 11.5 Å². The summed E-state index contributed by atoms with van der Waals surface area (Å²) < 4.78 is 10.6. The normalized spacial score (nSPS) is 18.6. The molecular formula is C13H19NO3. The van der Waals surface area contributed by atoms with E-state index in [0.717, 1.165) is 30.8 Å². The largest absolute Gasteiger partial charge is 0.493 e. The Kier molecular flexibility index (Phi) is 3.86. The summed E-state index contributed by atoms with van der Waals surface area (Å²) in [4.78, 5) is 4.99. The van der Waals surface area contributed by atoms with Crippen molar-refractivity contribution in [2.24, 2.45) is 0 Å². The molecule has 0 radical (unpaired) electrons. The second-order valence-corrected chi connectivity index (χ2v) is 4.24. The Bertz CT molecular complexity index is 392. The van der Waals surface area contributed by atoms with Gasteiger partial charge in [-0.3, -0.25) is 0 Å². The minimum atomic E-state index is 0.380. The topological polar surface area (TPSA) is 39.7 Å². The van der Waals surface area contributed by atoms with Gasteiger partial charge in [-0.15, -0.1) is 0 Å². The van der Waals surface area contributed by atoms with E-state index in [4.69, 9.17) is 14.3 Å². The van der Waals surface area contributed by atoms with Gasteiger partial charge in [0.1, 0.15) is 0 Å². The SMILES string of the molecule is CONC1CCc2cc(OC)c(OC)cc2C1. The predicted molar refractivity (Wildman–Crippen MR) is 65.5 cm³/mol. The number of hydrogen-bond donors (Lipinski definition) is 1. The highest BCUT2D eigenvalue weighted by Crippen LogP contribution is 2.34. The van der Waals surface area contributed by atoms with Crippen molar-refractivity contribution < 1.29 is 14.3 Å². The quantitative estimate of drug-likeness (QED) is 0.809. The van der Waals surface area contributed by atoms with Crippen LogP contribution in [0.1, 0.15) is 17.5 Å². The van der Waals surface area contributed by atoms with Gasteiger partial charge in [0, 0.05) is 6.04 Å². The van der Waals surface area contributed by atoms with Gasteiger partial charge >= 0.3 is 0 Å². The first kappa shape index (κ1) is 12.2. The van der Waals surface area contributed by atoms with Gasteiger partial charge in [0.05, 0.1) is 21.3 Å². The molecule has 1 aliphatic rings. The number of benzene rings is 1. The maximum atomic E-state index is 5.32. The van der Waals surface area contributed by atoms with E-state index in [1.54, 1.807) is 21.3 Å². The standard InChI is InChI=1S/C13H19NO3/c1-15-12-7-9-4-5-11(14-17-3)6-10(9)8-13(12)16-2/h7-8,11,14H,4-6H2,1-3H3. The number of rotatable bonds is 4. The molecule has 0 saturated carbocycles. The first-order chi connectivity index (χ1) is 8.28. The zero-order valence-electron chi connectivity index (χ0n) is 10.6. The predicted octanol–water partition coefficient (Wildman–Crippen LogP) is 1.71. The van der Waals surface area contributed by atoms with Crippen LogP contribution >= 0.6 is 0 Å². The maximum absolute atomic E-state index is 5.32. The van der Waals surface area contributed by atoms with E-state index in [1.165, 1.54) is 11.1 Å². The summed E-state index contributed by atoms with van der Waals surface area (Å²) in [6.45, 7) is 0. The molecule has 0 bridgehead atoms. The smallest absolute Gasteiger partial charge is 0.161 e. The summed E-state index contributed by atoms with van der Waals surface area (Å²) in [5.74, 6) is 1.61. The van der Waals surface area contributed by atoms with Crippen molar-refractivity contribution in [1.82, 2.24) is 5.48 Å². The molecule has 1 aromatic rings. The van der Waals surface area contributed by atoms with Crippen LogP contribution in [-0.4, -0.2) is 27.4 Å². The monoisotopic (exact) mass is 237 g/mol. The highest BCUT2D eigenvalue weighted by Gasteiger charge is 2.20. The van der Waals surface area contributed by atoms with E-state index >= 15 is 0 Å². The van der Waals surface area contributed by atoms with E-state index in [0.29, 0.717) is 6.04 Å². The first-order valence-electron chi connectivity index (χ1n) is 5.80. The fourth-order valence-electron chi connectivity index (χ4n) is 2.35. The molecule has 0 aliphatic heterocycles. The van der Waals surface area contributed by atoms with Gasteiger partial charge in [0.15, 0.2) is 11.5 Å². The molecule has 1 N–H and O–H groups in total. The average Bonchev–Trinajstić information content (AvgIpc) is 2.37. The maximum Gasteiger partial charge on any atom is 0.161 e. The van der Waals surface area contributed by atoms with Crippen LogP contribution in [-0.2, 0) is 17.7 Å². The first-order valence-corrected chi connectivity index (χ1v) is 5.80. The minimum Gasteiger partial charge on any atom is -0.493 e. The van der Waals surface area contributed by atoms with E-state index in [2.05, 4.69) is 17.6 Å². The van der Waals surface area contributed by atoms with E-state index in [9.17, 15) is 0 Å². The molecule has 1 aromatic carbocycles. The van der Waals surface area contributed by atoms with Gasteiger partial charge in [-0.05, 0) is 42.5 Å². The Labute approximate surface area is 102 Å². The van der Waals surface area contributed by atoms with Crippen molar-refractivity contribution in [1.29, 1.82) is 0 Å². The summed E-state index contributed by atoms with van der Waals surface area (Å²) in [7, 11) is 4.99. The lowest BCUT2D eigenvalue weighted by Gasteiger charge is -2.25. The molecule has 0 amide bonds. The third kappa shape index (κ3) is 2.53. The second kappa shape index (κ2) is 5.38. The molecule has 0 spiro atoms. The van der Waals surface area contributed by atoms with Crippen LogP contribution < -0.4 is 15.0 Å². The average molecular weight is 237 g/mol. The molecular weight excluding hydrogens is 218 g/mol. The van der Waals surface area contributed by atoms with Crippen LogP contribution in [0.3, 0.4) is 0 Å². The number of ether oxygens (including phenoxy) is 2. The number of hydroxylamine groups is 1. The van der Waals surface area contributed by atoms with Gasteiger partial charge in [-0.25, -0.2) is 0 Å². The molecule has 1 aliphatic carbocycles. The summed E-state index contributed by atoms with van der Waals surface area (Å²) >= 11 is 0. The third-order valence-corrected chi connectivity index (χ3v) is 3.22. The summed E-state index contributed by atoms with van der Waals surface area (Å²) in [5, 5.41) is 0. The molecule has 94 valence electrons. The molecule has 2 rings (SSSR count). The molecule has 0 saturated heterocycles. The highest BCUT2D eigenvalue weighted by molar-refractivity contribution is 5.48. The van der Waals surface area contributed by atoms with E-state index < -0.39 is 0 Å². The zero-order chi connectivity index (χ0) is 12.3. The van der Waals surface area contributed by atoms with Crippen molar-refractivity contribution in [3.63, 3.8) is 0 Å². The number of nitrogens with one attached hydrogen (secondary N) is 1. The van der Waals surface area contributed by atoms with Crippen molar-refractivity contribution in [2.75, 3.05) is 21.3 Å². The van der Waals surface area contributed by atoms with Crippen LogP contribution in [0.15, 0.2) is 12.1 Å². The van der Waals surface area contributed by atoms with Crippen LogP contribution in [0.25, 0.3) is 0 Å². The number of fused-ring (bicyclic) bond motifs is 1. The minimum absolute atomic E-state index is 0.380. The molecule has 0 heterocycles. The van der Waals surface area contributed by atoms with Gasteiger partial charge in [-0.1, -0.05) is 0 Å². The number of hydrogen-bond acceptors (Lipinski definition) is 4. The molecule has 0 aromatic heterocycles. The lowest BCUT2D eigenvalue weighted by Crippen LogP contribution is -2.33. The lowest BCUT2D eigenvalue weighted by molar-refractivity contribution is 0.0565.